The Hall–Kier alpha value is -2.44. The summed E-state index contributed by atoms with van der Waals surface area (Å²) in [4.78, 5) is 21.4. The minimum absolute atomic E-state index is 0.172. The number of nitrogens with zero attached hydrogens (tertiary/aromatic N) is 3. The summed E-state index contributed by atoms with van der Waals surface area (Å²) in [5.74, 6) is 0.983. The van der Waals surface area contributed by atoms with E-state index < -0.39 is 0 Å². The van der Waals surface area contributed by atoms with E-state index in [1.54, 1.807) is 11.3 Å². The third-order valence-electron chi connectivity index (χ3n) is 4.75. The summed E-state index contributed by atoms with van der Waals surface area (Å²) < 4.78 is 6.87. The van der Waals surface area contributed by atoms with Gasteiger partial charge in [0.25, 0.3) is 0 Å². The van der Waals surface area contributed by atoms with Crippen molar-refractivity contribution in [2.75, 3.05) is 32.8 Å². The van der Waals surface area contributed by atoms with E-state index in [-0.39, 0.29) is 5.91 Å². The van der Waals surface area contributed by atoms with Crippen LogP contribution < -0.4 is 4.74 Å². The van der Waals surface area contributed by atoms with Gasteiger partial charge in [-0.3, -0.25) is 9.69 Å². The first kappa shape index (κ1) is 17.9. The first-order valence-electron chi connectivity index (χ1n) is 9.30. The number of hydrogen-bond donors (Lipinski definition) is 0. The van der Waals surface area contributed by atoms with E-state index in [4.69, 9.17) is 9.72 Å². The van der Waals surface area contributed by atoms with Crippen LogP contribution >= 0.6 is 11.3 Å². The zero-order valence-corrected chi connectivity index (χ0v) is 16.0. The number of thiazole rings is 1. The normalized spacial score (nSPS) is 15.2. The van der Waals surface area contributed by atoms with Crippen LogP contribution in [-0.4, -0.2) is 53.5 Å². The second-order valence-corrected chi connectivity index (χ2v) is 7.76. The van der Waals surface area contributed by atoms with Gasteiger partial charge in [-0.15, -0.1) is 11.3 Å². The standard InChI is InChI=1S/C21H23N3O2S/c25-21(10-15-26-17-6-2-1-3-7-17)24-13-11-23(12-14-24)16-20-22-18-8-4-5-9-19(18)27-20/h1-9H,10-16H2. The number of rotatable bonds is 6. The van der Waals surface area contributed by atoms with Gasteiger partial charge < -0.3 is 9.64 Å². The fourth-order valence-corrected chi connectivity index (χ4v) is 4.28. The Morgan fingerprint density at radius 3 is 2.52 bits per heavy atom. The predicted octanol–water partition coefficient (Wildman–Crippen LogP) is 3.41. The highest BCUT2D eigenvalue weighted by molar-refractivity contribution is 7.18. The van der Waals surface area contributed by atoms with E-state index >= 15 is 0 Å². The Balaban J connectivity index is 1.21. The SMILES string of the molecule is O=C(CCOc1ccccc1)N1CCN(Cc2nc3ccccc3s2)CC1. The molecule has 0 spiro atoms. The summed E-state index contributed by atoms with van der Waals surface area (Å²) in [6, 6.07) is 17.9. The molecule has 140 valence electrons. The number of aromatic nitrogens is 1. The first-order valence-corrected chi connectivity index (χ1v) is 10.1. The predicted molar refractivity (Wildman–Crippen MR) is 108 cm³/mol. The molecular weight excluding hydrogens is 358 g/mol. The van der Waals surface area contributed by atoms with Crippen LogP contribution in [0.5, 0.6) is 5.75 Å². The number of ether oxygens (including phenoxy) is 1. The number of carbonyl (C=O) groups excluding carboxylic acids is 1. The molecule has 0 unspecified atom stereocenters. The number of hydrogen-bond acceptors (Lipinski definition) is 5. The van der Waals surface area contributed by atoms with Crippen LogP contribution in [0.2, 0.25) is 0 Å². The number of amides is 1. The number of para-hydroxylation sites is 2. The molecule has 3 aromatic rings. The van der Waals surface area contributed by atoms with Gasteiger partial charge in [-0.2, -0.15) is 0 Å². The molecule has 1 fully saturated rings. The van der Waals surface area contributed by atoms with Crippen LogP contribution in [0.25, 0.3) is 10.2 Å². The Morgan fingerprint density at radius 1 is 1.00 bits per heavy atom. The van der Waals surface area contributed by atoms with Crippen LogP contribution in [-0.2, 0) is 11.3 Å². The quantitative estimate of drug-likeness (QED) is 0.656. The topological polar surface area (TPSA) is 45.7 Å². The van der Waals surface area contributed by atoms with Crippen LogP contribution in [0, 0.1) is 0 Å². The summed E-state index contributed by atoms with van der Waals surface area (Å²) in [5, 5.41) is 1.15. The fourth-order valence-electron chi connectivity index (χ4n) is 3.27. The lowest BCUT2D eigenvalue weighted by molar-refractivity contribution is -0.133. The van der Waals surface area contributed by atoms with E-state index in [1.165, 1.54) is 4.70 Å². The van der Waals surface area contributed by atoms with Crippen molar-refractivity contribution in [3.05, 3.63) is 59.6 Å². The third kappa shape index (κ3) is 4.64. The molecule has 1 amide bonds. The van der Waals surface area contributed by atoms with Gasteiger partial charge in [0.05, 0.1) is 29.8 Å². The third-order valence-corrected chi connectivity index (χ3v) is 5.77. The number of fused-ring (bicyclic) bond motifs is 1. The van der Waals surface area contributed by atoms with Gasteiger partial charge in [-0.25, -0.2) is 4.98 Å². The largest absolute Gasteiger partial charge is 0.493 e. The summed E-state index contributed by atoms with van der Waals surface area (Å²) >= 11 is 1.76. The zero-order chi connectivity index (χ0) is 18.5. The second-order valence-electron chi connectivity index (χ2n) is 6.64. The zero-order valence-electron chi connectivity index (χ0n) is 15.2. The van der Waals surface area contributed by atoms with Gasteiger partial charge in [0.15, 0.2) is 0 Å². The molecule has 0 aliphatic carbocycles. The van der Waals surface area contributed by atoms with Gasteiger partial charge in [0, 0.05) is 26.2 Å². The summed E-state index contributed by atoms with van der Waals surface area (Å²) in [6.07, 6.45) is 0.423. The van der Waals surface area contributed by atoms with Gasteiger partial charge in [-0.05, 0) is 24.3 Å². The number of carbonyl (C=O) groups is 1. The molecule has 0 radical (unpaired) electrons. The molecule has 1 aromatic heterocycles. The molecule has 0 N–H and O–H groups in total. The van der Waals surface area contributed by atoms with Crippen molar-refractivity contribution in [3.63, 3.8) is 0 Å². The second kappa shape index (κ2) is 8.50. The molecule has 2 aromatic carbocycles. The highest BCUT2D eigenvalue weighted by Gasteiger charge is 2.21. The Morgan fingerprint density at radius 2 is 1.74 bits per heavy atom. The van der Waals surface area contributed by atoms with E-state index in [9.17, 15) is 4.79 Å². The molecule has 2 heterocycles. The molecule has 1 aliphatic rings. The minimum Gasteiger partial charge on any atom is -0.493 e. The molecule has 27 heavy (non-hydrogen) atoms. The molecule has 6 heteroatoms. The Labute approximate surface area is 163 Å². The van der Waals surface area contributed by atoms with Crippen molar-refractivity contribution in [2.45, 2.75) is 13.0 Å². The molecule has 0 atom stereocenters. The fraction of sp³-hybridized carbons (Fsp3) is 0.333. The molecular formula is C21H23N3O2S. The monoisotopic (exact) mass is 381 g/mol. The van der Waals surface area contributed by atoms with Crippen molar-refractivity contribution < 1.29 is 9.53 Å². The highest BCUT2D eigenvalue weighted by atomic mass is 32.1. The molecule has 1 saturated heterocycles. The molecule has 0 bridgehead atoms. The van der Waals surface area contributed by atoms with E-state index in [1.807, 2.05) is 41.3 Å². The lowest BCUT2D eigenvalue weighted by Crippen LogP contribution is -2.48. The van der Waals surface area contributed by atoms with E-state index in [2.05, 4.69) is 23.1 Å². The maximum atomic E-state index is 12.4. The Kier molecular flexibility index (Phi) is 5.65. The van der Waals surface area contributed by atoms with Crippen LogP contribution in [0.1, 0.15) is 11.4 Å². The van der Waals surface area contributed by atoms with Gasteiger partial charge in [0.1, 0.15) is 10.8 Å². The highest BCUT2D eigenvalue weighted by Crippen LogP contribution is 2.23. The van der Waals surface area contributed by atoms with Crippen molar-refractivity contribution in [1.82, 2.24) is 14.8 Å². The maximum absolute atomic E-state index is 12.4. The summed E-state index contributed by atoms with van der Waals surface area (Å²) in [6.45, 7) is 4.61. The van der Waals surface area contributed by atoms with Crippen molar-refractivity contribution in [3.8, 4) is 5.75 Å². The van der Waals surface area contributed by atoms with Gasteiger partial charge in [-0.1, -0.05) is 30.3 Å². The van der Waals surface area contributed by atoms with Gasteiger partial charge >= 0.3 is 0 Å². The molecule has 1 aliphatic heterocycles. The summed E-state index contributed by atoms with van der Waals surface area (Å²) in [7, 11) is 0. The number of benzene rings is 2. The lowest BCUT2D eigenvalue weighted by Gasteiger charge is -2.34. The maximum Gasteiger partial charge on any atom is 0.226 e. The Bertz CT molecular complexity index is 856. The van der Waals surface area contributed by atoms with Crippen LogP contribution in [0.4, 0.5) is 0 Å². The van der Waals surface area contributed by atoms with E-state index in [0.29, 0.717) is 13.0 Å². The van der Waals surface area contributed by atoms with Crippen LogP contribution in [0.15, 0.2) is 54.6 Å². The average Bonchev–Trinajstić information content (AvgIpc) is 3.11. The summed E-state index contributed by atoms with van der Waals surface area (Å²) in [5.41, 5.74) is 1.07. The van der Waals surface area contributed by atoms with Crippen molar-refractivity contribution in [1.29, 1.82) is 0 Å². The van der Waals surface area contributed by atoms with E-state index in [0.717, 1.165) is 49.0 Å². The lowest BCUT2D eigenvalue weighted by atomic mass is 10.3. The van der Waals surface area contributed by atoms with Crippen molar-refractivity contribution >= 4 is 27.5 Å². The molecule has 5 nitrogen and oxygen atoms in total. The van der Waals surface area contributed by atoms with Crippen molar-refractivity contribution in [2.24, 2.45) is 0 Å². The number of piperazine rings is 1. The van der Waals surface area contributed by atoms with Gasteiger partial charge in [0.2, 0.25) is 5.91 Å². The molecule has 4 rings (SSSR count). The minimum atomic E-state index is 0.172. The average molecular weight is 382 g/mol. The van der Waals surface area contributed by atoms with Crippen LogP contribution in [0.3, 0.4) is 0 Å². The first-order chi connectivity index (χ1) is 13.3. The smallest absolute Gasteiger partial charge is 0.226 e. The molecule has 0 saturated carbocycles.